The standard InChI is InChI=1S/C76H127N25O34/c1-33(78)67(122)100-41(65(79)120)15-17-47(106)99-44(73(128)94-35(3)69(124)95-37(5)74(129)130)14-10-12-20-82-51(110)23-85-54(113)26-88-56(115)28-89-57(116)29-90-58(117)30-91-68(123)34(2)93-72(127)43(13-9-11-19-81-50(109)22-84-53(112)25-87-55(114)27-86-52(111)24-83-49(108)21-77)98-48(107)18-16-42(66(80)121)101-70(125)36(4)92-71(126)38(6)132-64-60(97-40(8)105)75(131)133-46(32-103)63(64)135-76-59(96-39(7)104)62(119)61(118)45(31-102)134-76/h33-38,41-46,59-64,75-76,102-103,118-119,131H,9-32,77-78H2,1-8H3,(H2,79,120)(H2,80,121)(H,81,109)(H,82,110)(H,83,108)(H,84,112)(H,85,113)(H,86,111)(H,87,114)(H,88,115)(H,89,116)(H,90,117)(H,91,123)(H,92,126)(H,93,127)(H,94,128)(H,95,124)(H,96,104)(H,97,105)(H,98,107)(H,99,106)(H,100,122)(H,101,125)(H,129,130). The number of carboxylic acids is 1. The Balaban J connectivity index is 2.08. The Bertz CT molecular complexity index is 4130. The molecule has 2 rings (SSSR count). The van der Waals surface area contributed by atoms with Gasteiger partial charge in [0.05, 0.1) is 84.7 Å². The molecule has 0 aromatic rings. The first-order chi connectivity index (χ1) is 63.4. The number of hydrogen-bond donors (Lipinski definition) is 31. The van der Waals surface area contributed by atoms with Crippen LogP contribution < -0.4 is 135 Å². The van der Waals surface area contributed by atoms with Crippen LogP contribution in [0.3, 0.4) is 0 Å². The molecule has 2 aliphatic heterocycles. The maximum absolute atomic E-state index is 13.9. The van der Waals surface area contributed by atoms with Crippen molar-refractivity contribution in [3.8, 4) is 0 Å². The minimum absolute atomic E-state index is 0.0272. The second-order valence-electron chi connectivity index (χ2n) is 30.9. The van der Waals surface area contributed by atoms with Gasteiger partial charge in [0.2, 0.25) is 136 Å². The van der Waals surface area contributed by atoms with E-state index < -0.39 is 355 Å². The Morgan fingerprint density at radius 2 is 0.704 bits per heavy atom. The zero-order valence-corrected chi connectivity index (χ0v) is 75.4. The Morgan fingerprint density at radius 1 is 0.356 bits per heavy atom. The summed E-state index contributed by atoms with van der Waals surface area (Å²) in [5.74, 6) is -21.5. The molecule has 0 aliphatic carbocycles. The van der Waals surface area contributed by atoms with Gasteiger partial charge in [-0.3, -0.25) is 115 Å². The molecule has 23 amide bonds. The summed E-state index contributed by atoms with van der Waals surface area (Å²) in [6.45, 7) is 1.19. The predicted octanol–water partition coefficient (Wildman–Crippen LogP) is -19.2. The van der Waals surface area contributed by atoms with Gasteiger partial charge < -0.3 is 184 Å². The Morgan fingerprint density at radius 3 is 1.07 bits per heavy atom. The molecule has 59 heteroatoms. The van der Waals surface area contributed by atoms with E-state index in [-0.39, 0.29) is 64.6 Å². The number of aliphatic hydroxyl groups excluding tert-OH is 5. The van der Waals surface area contributed by atoms with Gasteiger partial charge in [-0.1, -0.05) is 0 Å². The molecule has 2 fully saturated rings. The summed E-state index contributed by atoms with van der Waals surface area (Å²) in [7, 11) is 0. The molecule has 0 aromatic carbocycles. The van der Waals surface area contributed by atoms with E-state index in [4.69, 9.17) is 47.0 Å². The first-order valence-corrected chi connectivity index (χ1v) is 42.5. The lowest BCUT2D eigenvalue weighted by Crippen LogP contribution is -2.70. The number of carbonyl (C=O) groups is 24. The molecule has 0 saturated carbocycles. The van der Waals surface area contributed by atoms with Gasteiger partial charge in [0.15, 0.2) is 12.6 Å². The molecule has 2 saturated heterocycles. The summed E-state index contributed by atoms with van der Waals surface area (Å²) in [5, 5.41) is 110. The highest BCUT2D eigenvalue weighted by molar-refractivity contribution is 5.98. The number of hydrogen-bond acceptors (Lipinski definition) is 35. The Kier molecular flexibility index (Phi) is 53.8. The fourth-order valence-corrected chi connectivity index (χ4v) is 12.0. The summed E-state index contributed by atoms with van der Waals surface area (Å²) in [6, 6.07) is -15.7. The van der Waals surface area contributed by atoms with E-state index >= 15 is 0 Å². The minimum Gasteiger partial charge on any atom is -0.480 e. The topological polar surface area (TPSA) is 925 Å². The van der Waals surface area contributed by atoms with Gasteiger partial charge >= 0.3 is 5.97 Å². The van der Waals surface area contributed by atoms with Gasteiger partial charge in [-0.15, -0.1) is 0 Å². The van der Waals surface area contributed by atoms with Crippen molar-refractivity contribution < 1.29 is 165 Å². The normalized spacial score (nSPS) is 19.8. The van der Waals surface area contributed by atoms with Crippen molar-refractivity contribution in [1.29, 1.82) is 0 Å². The van der Waals surface area contributed by atoms with Crippen molar-refractivity contribution in [1.82, 2.24) is 112 Å². The van der Waals surface area contributed by atoms with Crippen molar-refractivity contribution in [2.24, 2.45) is 22.9 Å². The summed E-state index contributed by atoms with van der Waals surface area (Å²) in [5.41, 5.74) is 21.7. The summed E-state index contributed by atoms with van der Waals surface area (Å²) in [6.07, 6.45) is -17.4. The van der Waals surface area contributed by atoms with E-state index in [1.807, 2.05) is 0 Å². The van der Waals surface area contributed by atoms with Crippen LogP contribution in [0, 0.1) is 0 Å². The minimum atomic E-state index is -1.98. The molecule has 20 atom stereocenters. The molecule has 2 heterocycles. The molecule has 20 unspecified atom stereocenters. The van der Waals surface area contributed by atoms with Gasteiger partial charge in [-0.05, 0) is 92.9 Å². The van der Waals surface area contributed by atoms with Crippen LogP contribution in [0.2, 0.25) is 0 Å². The smallest absolute Gasteiger partial charge is 0.325 e. The first kappa shape index (κ1) is 118. The average Bonchev–Trinajstić information content (AvgIpc) is 0.769. The van der Waals surface area contributed by atoms with Crippen LogP contribution in [0.4, 0.5) is 0 Å². The number of carboxylic acid groups (broad SMARTS) is 1. The number of unbranched alkanes of at least 4 members (excludes halogenated alkanes) is 2. The van der Waals surface area contributed by atoms with Crippen molar-refractivity contribution >= 4 is 142 Å². The lowest BCUT2D eigenvalue weighted by Gasteiger charge is -2.48. The molecule has 35 N–H and O–H groups in total. The Hall–Kier alpha value is -13.2. The quantitative estimate of drug-likeness (QED) is 0.0251. The summed E-state index contributed by atoms with van der Waals surface area (Å²) >= 11 is 0. The molecule has 0 aromatic heterocycles. The van der Waals surface area contributed by atoms with Crippen LogP contribution in [0.5, 0.6) is 0 Å². The zero-order chi connectivity index (χ0) is 102. The Labute approximate surface area is 771 Å². The van der Waals surface area contributed by atoms with Crippen LogP contribution in [0.1, 0.15) is 120 Å². The molecule has 0 bridgehead atoms. The fourth-order valence-electron chi connectivity index (χ4n) is 12.0. The van der Waals surface area contributed by atoms with Crippen LogP contribution in [0.25, 0.3) is 0 Å². The van der Waals surface area contributed by atoms with Crippen LogP contribution in [-0.4, -0.2) is 386 Å². The number of aliphatic hydroxyl groups is 5. The summed E-state index contributed by atoms with van der Waals surface area (Å²) in [4.78, 5) is 303. The fraction of sp³-hybridized carbons (Fsp3) is 0.684. The number of nitrogens with one attached hydrogen (secondary N) is 21. The number of carbonyl (C=O) groups excluding carboxylic acids is 23. The third-order valence-electron chi connectivity index (χ3n) is 19.5. The van der Waals surface area contributed by atoms with E-state index in [2.05, 4.69) is 112 Å². The van der Waals surface area contributed by atoms with Crippen molar-refractivity contribution in [2.75, 3.05) is 91.8 Å². The molecule has 0 spiro atoms. The molecule has 135 heavy (non-hydrogen) atoms. The SMILES string of the molecule is CC(=O)NC1C(OC2C(CO)OC(O)C(NC(C)=O)C2OC(C)C(=O)NC(C)C(=O)NC(CCC(=O)NC(CCCCNC(=O)CNC(=O)CNC(=O)CNC(=O)CNC(=O)CN)C(=O)NC(C)C(=O)NCC(=O)NCC(=O)NCC(=O)NCC(=O)NCC(=O)NCCCCC(NC(=O)CCC(NC(=O)C(C)N)C(N)=O)C(=O)NC(C)C(=O)NC(C)C(=O)O)C(N)=O)OC(CO)C(O)C1O. The van der Waals surface area contributed by atoms with Gasteiger partial charge in [0.25, 0.3) is 0 Å². The highest BCUT2D eigenvalue weighted by atomic mass is 16.7. The largest absolute Gasteiger partial charge is 0.480 e. The lowest BCUT2D eigenvalue weighted by molar-refractivity contribution is -0.333. The highest BCUT2D eigenvalue weighted by Gasteiger charge is 2.53. The van der Waals surface area contributed by atoms with Crippen LogP contribution in [-0.2, 0) is 134 Å². The van der Waals surface area contributed by atoms with Crippen molar-refractivity contribution in [2.45, 2.75) is 241 Å². The number of amides is 23. The lowest BCUT2D eigenvalue weighted by atomic mass is 9.94. The third-order valence-corrected chi connectivity index (χ3v) is 19.5. The molecule has 2 aliphatic rings. The van der Waals surface area contributed by atoms with Gasteiger partial charge in [0, 0.05) is 39.8 Å². The summed E-state index contributed by atoms with van der Waals surface area (Å²) < 4.78 is 23.3. The number of aliphatic carboxylic acids is 1. The van der Waals surface area contributed by atoms with Crippen LogP contribution in [0.15, 0.2) is 0 Å². The number of ether oxygens (including phenoxy) is 4. The first-order valence-electron chi connectivity index (χ1n) is 42.5. The van der Waals surface area contributed by atoms with E-state index in [0.717, 1.165) is 27.7 Å². The van der Waals surface area contributed by atoms with Crippen molar-refractivity contribution in [3.05, 3.63) is 0 Å². The van der Waals surface area contributed by atoms with E-state index in [1.165, 1.54) is 27.7 Å². The second-order valence-corrected chi connectivity index (χ2v) is 30.9. The van der Waals surface area contributed by atoms with E-state index in [9.17, 15) is 141 Å². The van der Waals surface area contributed by atoms with Crippen LogP contribution >= 0.6 is 0 Å². The second kappa shape index (κ2) is 61.6. The maximum Gasteiger partial charge on any atom is 0.325 e. The highest BCUT2D eigenvalue weighted by Crippen LogP contribution is 2.31. The zero-order valence-electron chi connectivity index (χ0n) is 75.4. The van der Waals surface area contributed by atoms with Gasteiger partial charge in [-0.25, -0.2) is 0 Å². The molecular formula is C76H127N25O34. The van der Waals surface area contributed by atoms with E-state index in [1.54, 1.807) is 0 Å². The molecular weight excluding hydrogens is 1810 g/mol. The van der Waals surface area contributed by atoms with E-state index in [0.29, 0.717) is 0 Å². The molecule has 760 valence electrons. The number of rotatable bonds is 61. The average molecular weight is 1930 g/mol. The third kappa shape index (κ3) is 46.4. The number of primary amides is 2. The number of nitrogens with two attached hydrogens (primary N) is 4. The molecule has 59 nitrogen and oxygen atoms in total. The van der Waals surface area contributed by atoms with Gasteiger partial charge in [-0.2, -0.15) is 0 Å². The molecule has 0 radical (unpaired) electrons. The maximum atomic E-state index is 13.9. The van der Waals surface area contributed by atoms with Crippen molar-refractivity contribution in [3.63, 3.8) is 0 Å². The predicted molar refractivity (Wildman–Crippen MR) is 456 cm³/mol. The van der Waals surface area contributed by atoms with Gasteiger partial charge in [0.1, 0.15) is 103 Å². The monoisotopic (exact) mass is 1930 g/mol.